The lowest BCUT2D eigenvalue weighted by Crippen LogP contribution is -2.58. The van der Waals surface area contributed by atoms with Gasteiger partial charge < -0.3 is 29.4 Å². The van der Waals surface area contributed by atoms with Crippen molar-refractivity contribution < 1.29 is 19.0 Å². The third-order valence-corrected chi connectivity index (χ3v) is 9.28. The molecule has 0 saturated carbocycles. The van der Waals surface area contributed by atoms with Gasteiger partial charge in [0.05, 0.1) is 17.1 Å². The summed E-state index contributed by atoms with van der Waals surface area (Å²) in [6, 6.07) is 12.8. The van der Waals surface area contributed by atoms with Crippen LogP contribution in [0.5, 0.6) is 5.75 Å². The smallest absolute Gasteiger partial charge is 0.410 e. The van der Waals surface area contributed by atoms with Gasteiger partial charge in [-0.25, -0.2) is 14.2 Å². The number of rotatable bonds is 4. The van der Waals surface area contributed by atoms with Crippen LogP contribution >= 0.6 is 11.6 Å². The topological polar surface area (TPSA) is 85.3 Å². The first-order chi connectivity index (χ1) is 20.9. The third kappa shape index (κ3) is 4.84. The van der Waals surface area contributed by atoms with Gasteiger partial charge in [0, 0.05) is 43.2 Å². The number of hydrogen-bond acceptors (Lipinski definition) is 8. The van der Waals surface area contributed by atoms with Gasteiger partial charge >= 0.3 is 6.09 Å². The average Bonchev–Trinajstić information content (AvgIpc) is 3.52. The Morgan fingerprint density at radius 3 is 2.48 bits per heavy atom. The van der Waals surface area contributed by atoms with E-state index in [0.29, 0.717) is 41.8 Å². The number of carbonyl (C=O) groups excluding carboxylic acids is 1. The number of phenolic OH excluding ortho intramolecular Hbond substituents is 1. The molecule has 7 rings (SSSR count). The summed E-state index contributed by atoms with van der Waals surface area (Å²) < 4.78 is 22.5. The molecule has 3 aliphatic rings. The summed E-state index contributed by atoms with van der Waals surface area (Å²) in [5.41, 5.74) is 0.286. The van der Waals surface area contributed by atoms with Crippen LogP contribution in [0.1, 0.15) is 27.2 Å². The lowest BCUT2D eigenvalue weighted by Gasteiger charge is -2.43. The Balaban J connectivity index is 1.34. The van der Waals surface area contributed by atoms with Crippen molar-refractivity contribution in [1.29, 1.82) is 0 Å². The number of aromatic hydroxyl groups is 1. The quantitative estimate of drug-likeness (QED) is 0.303. The molecule has 3 aliphatic heterocycles. The highest BCUT2D eigenvalue weighted by molar-refractivity contribution is 6.35. The number of phenols is 1. The maximum absolute atomic E-state index is 16.9. The van der Waals surface area contributed by atoms with Crippen LogP contribution in [-0.4, -0.2) is 95.0 Å². The van der Waals surface area contributed by atoms with Crippen molar-refractivity contribution in [3.05, 3.63) is 53.3 Å². The molecule has 2 bridgehead atoms. The predicted octanol–water partition coefficient (Wildman–Crippen LogP) is 5.90. The minimum absolute atomic E-state index is 0.000842. The van der Waals surface area contributed by atoms with Crippen LogP contribution in [-0.2, 0) is 4.74 Å². The number of piperazine rings is 1. The fraction of sp³-hybridized carbons (Fsp3) is 0.424. The van der Waals surface area contributed by atoms with Gasteiger partial charge in [-0.15, -0.1) is 0 Å². The molecule has 1 unspecified atom stereocenters. The second-order valence-electron chi connectivity index (χ2n) is 13.4. The molecular weight excluding hydrogens is 583 g/mol. The zero-order chi connectivity index (χ0) is 31.1. The zero-order valence-corrected chi connectivity index (χ0v) is 26.3. The lowest BCUT2D eigenvalue weighted by molar-refractivity contribution is 0.0214. The number of ether oxygens (including phenoxy) is 1. The monoisotopic (exact) mass is 618 g/mol. The maximum atomic E-state index is 16.9. The predicted molar refractivity (Wildman–Crippen MR) is 171 cm³/mol. The van der Waals surface area contributed by atoms with E-state index < -0.39 is 11.4 Å². The molecule has 1 amide bonds. The number of hydrogen-bond donors (Lipinski definition) is 1. The van der Waals surface area contributed by atoms with E-state index in [4.69, 9.17) is 26.3 Å². The summed E-state index contributed by atoms with van der Waals surface area (Å²) in [4.78, 5) is 30.9. The molecule has 1 N–H and O–H groups in total. The second kappa shape index (κ2) is 10.3. The SMILES string of the molecule is CN(C)C1CN(c2nc(N3CC4C[C@H]3CN4C(=O)OC(C)(C)C)c3cc(Cl)c(-c4cc(O)cc5ccccc45)c(F)c3n2)C1. The summed E-state index contributed by atoms with van der Waals surface area (Å²) in [5, 5.41) is 12.8. The number of likely N-dealkylation sites (N-methyl/N-ethyl adjacent to an activating group) is 1. The summed E-state index contributed by atoms with van der Waals surface area (Å²) in [7, 11) is 4.08. The molecule has 11 heteroatoms. The number of likely N-dealkylation sites (tertiary alicyclic amines) is 1. The largest absolute Gasteiger partial charge is 0.508 e. The lowest BCUT2D eigenvalue weighted by atomic mass is 9.96. The van der Waals surface area contributed by atoms with Crippen molar-refractivity contribution in [2.75, 3.05) is 50.1 Å². The molecule has 2 atom stereocenters. The summed E-state index contributed by atoms with van der Waals surface area (Å²) in [6.45, 7) is 8.10. The molecule has 4 heterocycles. The maximum Gasteiger partial charge on any atom is 0.410 e. The van der Waals surface area contributed by atoms with Crippen LogP contribution in [0, 0.1) is 5.82 Å². The number of aromatic nitrogens is 2. The van der Waals surface area contributed by atoms with Crippen LogP contribution in [0.2, 0.25) is 5.02 Å². The number of amides is 1. The van der Waals surface area contributed by atoms with Gasteiger partial charge in [-0.05, 0) is 75.8 Å². The van der Waals surface area contributed by atoms with Crippen molar-refractivity contribution in [3.8, 4) is 16.9 Å². The van der Waals surface area contributed by atoms with Gasteiger partial charge in [0.2, 0.25) is 5.95 Å². The van der Waals surface area contributed by atoms with Crippen molar-refractivity contribution in [2.24, 2.45) is 0 Å². The highest BCUT2D eigenvalue weighted by Gasteiger charge is 2.48. The number of benzene rings is 3. The molecule has 3 fully saturated rings. The van der Waals surface area contributed by atoms with Gasteiger partial charge in [-0.2, -0.15) is 4.98 Å². The molecule has 0 aliphatic carbocycles. The Morgan fingerprint density at radius 2 is 1.80 bits per heavy atom. The molecule has 1 aromatic heterocycles. The Kier molecular flexibility index (Phi) is 6.78. The van der Waals surface area contributed by atoms with E-state index in [9.17, 15) is 9.90 Å². The van der Waals surface area contributed by atoms with Gasteiger partial charge in [0.25, 0.3) is 0 Å². The first-order valence-electron chi connectivity index (χ1n) is 15.0. The molecule has 0 radical (unpaired) electrons. The van der Waals surface area contributed by atoms with Crippen LogP contribution in [0.15, 0.2) is 42.5 Å². The molecule has 4 aromatic rings. The number of carbonyl (C=O) groups is 1. The first kappa shape index (κ1) is 28.9. The summed E-state index contributed by atoms with van der Waals surface area (Å²) in [5.74, 6) is 0.543. The molecular formula is C33H36ClFN6O3. The average molecular weight is 619 g/mol. The van der Waals surface area contributed by atoms with E-state index in [1.807, 2.05) is 59.1 Å². The molecule has 44 heavy (non-hydrogen) atoms. The van der Waals surface area contributed by atoms with Crippen LogP contribution in [0.3, 0.4) is 0 Å². The number of halogens is 2. The van der Waals surface area contributed by atoms with E-state index in [1.165, 1.54) is 0 Å². The minimum atomic E-state index is -0.579. The van der Waals surface area contributed by atoms with Crippen LogP contribution in [0.4, 0.5) is 21.0 Å². The third-order valence-electron chi connectivity index (χ3n) is 8.98. The molecule has 3 aromatic carbocycles. The molecule has 0 spiro atoms. The van der Waals surface area contributed by atoms with E-state index in [1.54, 1.807) is 23.1 Å². The van der Waals surface area contributed by atoms with Gasteiger partial charge in [-0.3, -0.25) is 0 Å². The number of fused-ring (bicyclic) bond motifs is 4. The second-order valence-corrected chi connectivity index (χ2v) is 13.8. The van der Waals surface area contributed by atoms with Gasteiger partial charge in [-0.1, -0.05) is 35.9 Å². The normalized spacial score (nSPS) is 20.3. The van der Waals surface area contributed by atoms with Crippen molar-refractivity contribution in [3.63, 3.8) is 0 Å². The highest BCUT2D eigenvalue weighted by atomic mass is 35.5. The Bertz CT molecular complexity index is 1800. The highest BCUT2D eigenvalue weighted by Crippen LogP contribution is 2.44. The van der Waals surface area contributed by atoms with Crippen molar-refractivity contribution in [1.82, 2.24) is 19.8 Å². The molecule has 9 nitrogen and oxygen atoms in total. The van der Waals surface area contributed by atoms with Gasteiger partial charge in [0.15, 0.2) is 5.82 Å². The molecule has 230 valence electrons. The summed E-state index contributed by atoms with van der Waals surface area (Å²) >= 11 is 6.89. The van der Waals surface area contributed by atoms with Crippen LogP contribution < -0.4 is 9.80 Å². The standard InChI is InChI=1S/C33H36ClFN6O3/c1-33(2,3)44-32(43)41-17-19-11-20(41)16-40(19)30-25-13-26(34)27(24-12-22(42)10-18-8-6-7-9-23(18)24)28(35)29(25)36-31(37-30)39-14-21(15-39)38(4)5/h6-10,12-13,19-21,42H,11,14-17H2,1-5H3/t19-,20?/m0/s1. The van der Waals surface area contributed by atoms with Gasteiger partial charge in [0.1, 0.15) is 22.7 Å². The fourth-order valence-corrected chi connectivity index (χ4v) is 6.99. The Hall–Kier alpha value is -3.89. The Morgan fingerprint density at radius 1 is 1.05 bits per heavy atom. The minimum Gasteiger partial charge on any atom is -0.508 e. The number of nitrogens with zero attached hydrogens (tertiary/aromatic N) is 6. The zero-order valence-electron chi connectivity index (χ0n) is 25.5. The summed E-state index contributed by atoms with van der Waals surface area (Å²) in [6.07, 6.45) is 0.459. The van der Waals surface area contributed by atoms with E-state index in [2.05, 4.69) is 14.7 Å². The van der Waals surface area contributed by atoms with E-state index in [0.717, 1.165) is 30.3 Å². The van der Waals surface area contributed by atoms with Crippen molar-refractivity contribution in [2.45, 2.75) is 50.9 Å². The molecule has 3 saturated heterocycles. The van der Waals surface area contributed by atoms with E-state index in [-0.39, 0.29) is 40.0 Å². The fourth-order valence-electron chi connectivity index (χ4n) is 6.69. The number of anilines is 2. The Labute approximate surface area is 260 Å². The van der Waals surface area contributed by atoms with Crippen molar-refractivity contribution >= 4 is 51.1 Å². The van der Waals surface area contributed by atoms with Crippen LogP contribution in [0.25, 0.3) is 32.8 Å². The van der Waals surface area contributed by atoms with E-state index >= 15 is 4.39 Å². The first-order valence-corrected chi connectivity index (χ1v) is 15.3.